The maximum Gasteiger partial charge on any atom is 0.193 e. The highest BCUT2D eigenvalue weighted by atomic mass is 35.5. The van der Waals surface area contributed by atoms with Crippen molar-refractivity contribution in [3.63, 3.8) is 0 Å². The van der Waals surface area contributed by atoms with E-state index in [4.69, 9.17) is 38.1 Å². The Morgan fingerprint density at radius 2 is 2.00 bits per heavy atom. The number of halogens is 2. The van der Waals surface area contributed by atoms with Crippen LogP contribution in [0.5, 0.6) is 5.75 Å². The van der Waals surface area contributed by atoms with Gasteiger partial charge in [-0.1, -0.05) is 17.7 Å². The quantitative estimate of drug-likeness (QED) is 0.927. The molecule has 2 rings (SSSR count). The van der Waals surface area contributed by atoms with Gasteiger partial charge in [-0.2, -0.15) is 0 Å². The molecule has 0 saturated heterocycles. The average molecular weight is 272 g/mol. The highest BCUT2D eigenvalue weighted by Crippen LogP contribution is 2.31. The third kappa shape index (κ3) is 2.57. The van der Waals surface area contributed by atoms with Crippen molar-refractivity contribution >= 4 is 23.2 Å². The molecule has 1 aromatic heterocycles. The minimum absolute atomic E-state index is 0.306. The molecular formula is C12H11Cl2NO2. The molecule has 0 amide bonds. The molecule has 2 aromatic rings. The van der Waals surface area contributed by atoms with Gasteiger partial charge >= 0.3 is 0 Å². The van der Waals surface area contributed by atoms with Gasteiger partial charge in [-0.25, -0.2) is 0 Å². The lowest BCUT2D eigenvalue weighted by atomic mass is 10.1. The van der Waals surface area contributed by atoms with Gasteiger partial charge in [0.15, 0.2) is 5.22 Å². The fourth-order valence-electron chi connectivity index (χ4n) is 1.54. The van der Waals surface area contributed by atoms with E-state index in [1.165, 1.54) is 0 Å². The highest BCUT2D eigenvalue weighted by Gasteiger charge is 2.16. The number of methoxy groups -OCH3 is 1. The Hall–Kier alpha value is -1.16. The molecule has 0 fully saturated rings. The zero-order valence-corrected chi connectivity index (χ0v) is 10.6. The second kappa shape index (κ2) is 5.00. The van der Waals surface area contributed by atoms with Crippen LogP contribution in [0, 0.1) is 0 Å². The molecule has 5 heteroatoms. The first-order valence-corrected chi connectivity index (χ1v) is 5.71. The molecule has 0 bridgehead atoms. The lowest BCUT2D eigenvalue weighted by molar-refractivity contribution is 0.414. The standard InChI is InChI=1S/C12H11Cl2NO2/c1-16-7-2-3-8(9(13)6-7)12(15)10-4-5-11(14)17-10/h2-6,12H,15H2,1H3. The molecule has 1 aromatic carbocycles. The van der Waals surface area contributed by atoms with Gasteiger partial charge in [-0.3, -0.25) is 0 Å². The van der Waals surface area contributed by atoms with Crippen molar-refractivity contribution in [2.45, 2.75) is 6.04 Å². The smallest absolute Gasteiger partial charge is 0.193 e. The number of hydrogen-bond acceptors (Lipinski definition) is 3. The van der Waals surface area contributed by atoms with E-state index >= 15 is 0 Å². The van der Waals surface area contributed by atoms with Gasteiger partial charge in [0.25, 0.3) is 0 Å². The van der Waals surface area contributed by atoms with E-state index in [1.807, 2.05) is 6.07 Å². The fraction of sp³-hybridized carbons (Fsp3) is 0.167. The number of furan rings is 1. The molecule has 0 aliphatic heterocycles. The third-order valence-corrected chi connectivity index (χ3v) is 2.97. The van der Waals surface area contributed by atoms with Crippen LogP contribution >= 0.6 is 23.2 Å². The zero-order chi connectivity index (χ0) is 12.4. The van der Waals surface area contributed by atoms with Gasteiger partial charge in [0.2, 0.25) is 0 Å². The van der Waals surface area contributed by atoms with Gasteiger partial charge in [0.05, 0.1) is 13.2 Å². The molecule has 1 atom stereocenters. The largest absolute Gasteiger partial charge is 0.497 e. The summed E-state index contributed by atoms with van der Waals surface area (Å²) in [6.07, 6.45) is 0. The third-order valence-electron chi connectivity index (χ3n) is 2.44. The number of ether oxygens (including phenoxy) is 1. The molecule has 3 nitrogen and oxygen atoms in total. The summed E-state index contributed by atoms with van der Waals surface area (Å²) in [4.78, 5) is 0. The molecule has 0 spiro atoms. The Bertz CT molecular complexity index is 525. The monoisotopic (exact) mass is 271 g/mol. The Morgan fingerprint density at radius 1 is 1.24 bits per heavy atom. The average Bonchev–Trinajstić information content (AvgIpc) is 2.75. The number of rotatable bonds is 3. The molecule has 0 saturated carbocycles. The summed E-state index contributed by atoms with van der Waals surface area (Å²) in [7, 11) is 1.58. The van der Waals surface area contributed by atoms with E-state index in [1.54, 1.807) is 31.4 Å². The van der Waals surface area contributed by atoms with Crippen molar-refractivity contribution in [3.8, 4) is 5.75 Å². The maximum absolute atomic E-state index is 6.13. The molecule has 90 valence electrons. The van der Waals surface area contributed by atoms with Gasteiger partial charge in [0.1, 0.15) is 11.5 Å². The summed E-state index contributed by atoms with van der Waals surface area (Å²) in [5.74, 6) is 1.26. The molecule has 0 aliphatic carbocycles. The number of nitrogens with two attached hydrogens (primary N) is 1. The number of hydrogen-bond donors (Lipinski definition) is 1. The highest BCUT2D eigenvalue weighted by molar-refractivity contribution is 6.31. The first-order chi connectivity index (χ1) is 8.11. The Morgan fingerprint density at radius 3 is 2.53 bits per heavy atom. The Labute approximate surface area is 109 Å². The predicted molar refractivity (Wildman–Crippen MR) is 67.8 cm³/mol. The van der Waals surface area contributed by atoms with Crippen LogP contribution in [0.15, 0.2) is 34.7 Å². The van der Waals surface area contributed by atoms with Crippen molar-refractivity contribution in [1.29, 1.82) is 0 Å². The van der Waals surface area contributed by atoms with Crippen LogP contribution in [0.1, 0.15) is 17.4 Å². The van der Waals surface area contributed by atoms with E-state index < -0.39 is 6.04 Å². The summed E-state index contributed by atoms with van der Waals surface area (Å²) in [6.45, 7) is 0. The van der Waals surface area contributed by atoms with Crippen LogP contribution < -0.4 is 10.5 Å². The predicted octanol–water partition coefficient (Wildman–Crippen LogP) is 3.64. The van der Waals surface area contributed by atoms with Crippen molar-refractivity contribution in [3.05, 3.63) is 51.9 Å². The van der Waals surface area contributed by atoms with Crippen LogP contribution in [0.25, 0.3) is 0 Å². The Balaban J connectivity index is 2.34. The molecule has 2 N–H and O–H groups in total. The molecule has 1 heterocycles. The van der Waals surface area contributed by atoms with E-state index in [0.717, 1.165) is 5.56 Å². The Kier molecular flexibility index (Phi) is 3.62. The maximum atomic E-state index is 6.13. The van der Waals surface area contributed by atoms with Gasteiger partial charge in [-0.05, 0) is 41.4 Å². The van der Waals surface area contributed by atoms with Crippen molar-refractivity contribution in [2.24, 2.45) is 5.73 Å². The normalized spacial score (nSPS) is 12.5. The summed E-state index contributed by atoms with van der Waals surface area (Å²) in [6, 6.07) is 8.25. The van der Waals surface area contributed by atoms with E-state index in [2.05, 4.69) is 0 Å². The first kappa shape index (κ1) is 12.3. The van der Waals surface area contributed by atoms with Crippen molar-refractivity contribution < 1.29 is 9.15 Å². The summed E-state index contributed by atoms with van der Waals surface area (Å²) in [5.41, 5.74) is 6.81. The lowest BCUT2D eigenvalue weighted by Gasteiger charge is -2.12. The van der Waals surface area contributed by atoms with Crippen molar-refractivity contribution in [1.82, 2.24) is 0 Å². The SMILES string of the molecule is COc1ccc(C(N)c2ccc(Cl)o2)c(Cl)c1. The molecular weight excluding hydrogens is 261 g/mol. The lowest BCUT2D eigenvalue weighted by Crippen LogP contribution is -2.11. The van der Waals surface area contributed by atoms with Crippen molar-refractivity contribution in [2.75, 3.05) is 7.11 Å². The minimum atomic E-state index is -0.444. The topological polar surface area (TPSA) is 48.4 Å². The van der Waals surface area contributed by atoms with Crippen LogP contribution in [0.2, 0.25) is 10.2 Å². The zero-order valence-electron chi connectivity index (χ0n) is 9.11. The minimum Gasteiger partial charge on any atom is -0.497 e. The van der Waals surface area contributed by atoms with E-state index in [0.29, 0.717) is 21.8 Å². The van der Waals surface area contributed by atoms with E-state index in [-0.39, 0.29) is 0 Å². The molecule has 1 unspecified atom stereocenters. The van der Waals surface area contributed by atoms with E-state index in [9.17, 15) is 0 Å². The van der Waals surface area contributed by atoms with Crippen LogP contribution in [0.4, 0.5) is 0 Å². The summed E-state index contributed by atoms with van der Waals surface area (Å²) in [5, 5.41) is 0.837. The first-order valence-electron chi connectivity index (χ1n) is 4.96. The summed E-state index contributed by atoms with van der Waals surface area (Å²) < 4.78 is 10.3. The van der Waals surface area contributed by atoms with Crippen LogP contribution in [-0.4, -0.2) is 7.11 Å². The summed E-state index contributed by atoms with van der Waals surface area (Å²) >= 11 is 11.8. The van der Waals surface area contributed by atoms with Crippen LogP contribution in [0.3, 0.4) is 0 Å². The number of benzene rings is 1. The van der Waals surface area contributed by atoms with Gasteiger partial charge in [0, 0.05) is 5.02 Å². The second-order valence-corrected chi connectivity index (χ2v) is 4.29. The molecule has 0 radical (unpaired) electrons. The van der Waals surface area contributed by atoms with Crippen LogP contribution in [-0.2, 0) is 0 Å². The van der Waals surface area contributed by atoms with Gasteiger partial charge in [-0.15, -0.1) is 0 Å². The fourth-order valence-corrected chi connectivity index (χ4v) is 1.98. The molecule has 17 heavy (non-hydrogen) atoms. The molecule has 0 aliphatic rings. The van der Waals surface area contributed by atoms with Gasteiger partial charge < -0.3 is 14.9 Å². The second-order valence-electron chi connectivity index (χ2n) is 3.51.